The zero-order valence-corrected chi connectivity index (χ0v) is 19.2. The van der Waals surface area contributed by atoms with Gasteiger partial charge in [-0.1, -0.05) is 17.7 Å². The topological polar surface area (TPSA) is 187 Å². The van der Waals surface area contributed by atoms with Crippen LogP contribution in [0.2, 0.25) is 0 Å². The zero-order chi connectivity index (χ0) is 26.4. The highest BCUT2D eigenvalue weighted by atomic mass is 32.2. The molecule has 3 aromatic rings. The van der Waals surface area contributed by atoms with Crippen molar-refractivity contribution in [3.05, 3.63) is 102 Å². The molecule has 4 rings (SSSR count). The SMILES string of the molecule is Cc1ccc(S(=O)(=O)N2CC(=Cc3cc([N+](=O)[O-])ccc3O)c3c2cc([N+](=O)[O-])cc3[N+](=O)[O-])cc1. The number of hydrogen-bond donors (Lipinski definition) is 1. The molecule has 36 heavy (non-hydrogen) atoms. The first-order valence-corrected chi connectivity index (χ1v) is 11.6. The maximum atomic E-state index is 13.5. The molecular weight excluding hydrogens is 496 g/mol. The molecule has 3 aromatic carbocycles. The molecule has 0 radical (unpaired) electrons. The Morgan fingerprint density at radius 3 is 2.11 bits per heavy atom. The molecule has 0 unspecified atom stereocenters. The van der Waals surface area contributed by atoms with Crippen LogP contribution in [0.15, 0.2) is 59.5 Å². The van der Waals surface area contributed by atoms with Crippen molar-refractivity contribution in [1.82, 2.24) is 0 Å². The molecule has 0 amide bonds. The van der Waals surface area contributed by atoms with Crippen molar-refractivity contribution in [1.29, 1.82) is 0 Å². The fourth-order valence-corrected chi connectivity index (χ4v) is 5.27. The summed E-state index contributed by atoms with van der Waals surface area (Å²) in [5, 5.41) is 44.7. The summed E-state index contributed by atoms with van der Waals surface area (Å²) in [5.41, 5.74) is -1.60. The maximum absolute atomic E-state index is 13.5. The molecule has 0 fully saturated rings. The monoisotopic (exact) mass is 512 g/mol. The van der Waals surface area contributed by atoms with E-state index in [2.05, 4.69) is 0 Å². The van der Waals surface area contributed by atoms with Crippen LogP contribution < -0.4 is 4.31 Å². The summed E-state index contributed by atoms with van der Waals surface area (Å²) < 4.78 is 27.8. The lowest BCUT2D eigenvalue weighted by Crippen LogP contribution is -2.29. The summed E-state index contributed by atoms with van der Waals surface area (Å²) in [4.78, 5) is 31.9. The Kier molecular flexibility index (Phi) is 5.89. The standard InChI is InChI=1S/C22H16N4O9S/c1-13-2-5-18(6-3-13)36(34,35)23-12-15(8-14-9-16(24(28)29)4-7-21(14)27)22-19(23)10-17(25(30)31)11-20(22)26(32)33/h2-11,27H,12H2,1H3. The quantitative estimate of drug-likeness (QED) is 0.373. The number of phenolic OH excluding ortho intramolecular Hbond substituents is 1. The molecule has 0 aliphatic carbocycles. The Labute approximate surface area is 203 Å². The van der Waals surface area contributed by atoms with Gasteiger partial charge in [0.15, 0.2) is 0 Å². The summed E-state index contributed by atoms with van der Waals surface area (Å²) in [5.74, 6) is -0.390. The molecule has 1 aliphatic rings. The molecule has 0 saturated heterocycles. The highest BCUT2D eigenvalue weighted by molar-refractivity contribution is 7.92. The largest absolute Gasteiger partial charge is 0.507 e. The maximum Gasteiger partial charge on any atom is 0.285 e. The van der Waals surface area contributed by atoms with Crippen LogP contribution in [0.3, 0.4) is 0 Å². The average Bonchev–Trinajstić information content (AvgIpc) is 3.19. The predicted molar refractivity (Wildman–Crippen MR) is 128 cm³/mol. The molecule has 0 aromatic heterocycles. The lowest BCUT2D eigenvalue weighted by molar-refractivity contribution is -0.394. The number of hydrogen-bond acceptors (Lipinski definition) is 9. The first kappa shape index (κ1) is 24.3. The number of rotatable bonds is 6. The van der Waals surface area contributed by atoms with Crippen LogP contribution in [0, 0.1) is 37.3 Å². The number of anilines is 1. The Bertz CT molecular complexity index is 1580. The van der Waals surface area contributed by atoms with Gasteiger partial charge < -0.3 is 5.11 Å². The van der Waals surface area contributed by atoms with E-state index < -0.39 is 42.7 Å². The third kappa shape index (κ3) is 4.20. The van der Waals surface area contributed by atoms with E-state index >= 15 is 0 Å². The van der Waals surface area contributed by atoms with Gasteiger partial charge in [0.1, 0.15) is 5.75 Å². The van der Waals surface area contributed by atoms with Crippen LogP contribution >= 0.6 is 0 Å². The third-order valence-electron chi connectivity index (χ3n) is 5.55. The lowest BCUT2D eigenvalue weighted by Gasteiger charge is -2.19. The fraction of sp³-hybridized carbons (Fsp3) is 0.0909. The number of sulfonamides is 1. The van der Waals surface area contributed by atoms with E-state index in [9.17, 15) is 43.9 Å². The normalized spacial score (nSPS) is 14.0. The smallest absolute Gasteiger partial charge is 0.285 e. The molecule has 0 atom stereocenters. The number of phenols is 1. The molecule has 13 nitrogen and oxygen atoms in total. The van der Waals surface area contributed by atoms with Gasteiger partial charge in [0, 0.05) is 23.8 Å². The molecule has 1 heterocycles. The molecule has 0 spiro atoms. The van der Waals surface area contributed by atoms with Crippen molar-refractivity contribution >= 4 is 44.4 Å². The third-order valence-corrected chi connectivity index (χ3v) is 7.33. The molecule has 14 heteroatoms. The Balaban J connectivity index is 2.00. The van der Waals surface area contributed by atoms with Crippen LogP contribution in [0.4, 0.5) is 22.7 Å². The van der Waals surface area contributed by atoms with E-state index in [4.69, 9.17) is 0 Å². The van der Waals surface area contributed by atoms with E-state index in [0.717, 1.165) is 34.1 Å². The summed E-state index contributed by atoms with van der Waals surface area (Å²) in [6, 6.07) is 10.6. The molecule has 0 saturated carbocycles. The molecule has 184 valence electrons. The number of nitrogens with zero attached hydrogens (tertiary/aromatic N) is 4. The molecule has 1 N–H and O–H groups in total. The highest BCUT2D eigenvalue weighted by Crippen LogP contribution is 2.47. The lowest BCUT2D eigenvalue weighted by atomic mass is 10.0. The second-order valence-corrected chi connectivity index (χ2v) is 9.73. The van der Waals surface area contributed by atoms with Gasteiger partial charge in [-0.15, -0.1) is 0 Å². The van der Waals surface area contributed by atoms with Crippen LogP contribution in [-0.2, 0) is 10.0 Å². The van der Waals surface area contributed by atoms with Gasteiger partial charge >= 0.3 is 0 Å². The minimum Gasteiger partial charge on any atom is -0.507 e. The highest BCUT2D eigenvalue weighted by Gasteiger charge is 2.40. The van der Waals surface area contributed by atoms with E-state index in [0.29, 0.717) is 6.07 Å². The second-order valence-electron chi connectivity index (χ2n) is 7.87. The van der Waals surface area contributed by atoms with Crippen LogP contribution in [0.1, 0.15) is 16.7 Å². The van der Waals surface area contributed by atoms with Crippen molar-refractivity contribution in [2.75, 3.05) is 10.8 Å². The average molecular weight is 512 g/mol. The van der Waals surface area contributed by atoms with Crippen molar-refractivity contribution in [2.45, 2.75) is 11.8 Å². The second kappa shape index (κ2) is 8.74. The zero-order valence-electron chi connectivity index (χ0n) is 18.4. The first-order chi connectivity index (χ1) is 16.9. The van der Waals surface area contributed by atoms with E-state index in [1.165, 1.54) is 18.2 Å². The van der Waals surface area contributed by atoms with E-state index in [1.807, 2.05) is 0 Å². The van der Waals surface area contributed by atoms with Crippen LogP contribution in [0.25, 0.3) is 11.6 Å². The number of fused-ring (bicyclic) bond motifs is 1. The van der Waals surface area contributed by atoms with E-state index in [-0.39, 0.29) is 38.7 Å². The summed E-state index contributed by atoms with van der Waals surface area (Å²) in [7, 11) is -4.33. The van der Waals surface area contributed by atoms with Gasteiger partial charge in [0.25, 0.3) is 27.1 Å². The van der Waals surface area contributed by atoms with Gasteiger partial charge in [0.05, 0.1) is 43.5 Å². The number of non-ortho nitro benzene ring substituents is 2. The number of nitro groups is 3. The van der Waals surface area contributed by atoms with Crippen molar-refractivity contribution < 1.29 is 28.3 Å². The number of aryl methyl sites for hydroxylation is 1. The van der Waals surface area contributed by atoms with Gasteiger partial charge in [-0.3, -0.25) is 34.6 Å². The summed E-state index contributed by atoms with van der Waals surface area (Å²) in [6.45, 7) is 1.27. The van der Waals surface area contributed by atoms with Crippen LogP contribution in [-0.4, -0.2) is 34.8 Å². The van der Waals surface area contributed by atoms with Gasteiger partial charge in [0.2, 0.25) is 0 Å². The summed E-state index contributed by atoms with van der Waals surface area (Å²) in [6.07, 6.45) is 1.19. The fourth-order valence-electron chi connectivity index (χ4n) is 3.82. The van der Waals surface area contributed by atoms with Gasteiger partial charge in [-0.25, -0.2) is 8.42 Å². The minimum absolute atomic E-state index is 0.0121. The number of nitro benzene ring substituents is 3. The number of aromatic hydroxyl groups is 1. The number of benzene rings is 3. The Morgan fingerprint density at radius 1 is 0.889 bits per heavy atom. The summed E-state index contributed by atoms with van der Waals surface area (Å²) >= 11 is 0. The van der Waals surface area contributed by atoms with Crippen molar-refractivity contribution in [2.24, 2.45) is 0 Å². The molecular formula is C22H16N4O9S. The Hall–Kier alpha value is -4.85. The Morgan fingerprint density at radius 2 is 1.53 bits per heavy atom. The minimum atomic E-state index is -4.33. The molecule has 1 aliphatic heterocycles. The van der Waals surface area contributed by atoms with E-state index in [1.54, 1.807) is 19.1 Å². The van der Waals surface area contributed by atoms with Gasteiger partial charge in [-0.2, -0.15) is 0 Å². The first-order valence-electron chi connectivity index (χ1n) is 10.1. The van der Waals surface area contributed by atoms with Crippen molar-refractivity contribution in [3.63, 3.8) is 0 Å². The van der Waals surface area contributed by atoms with Gasteiger partial charge in [-0.05, 0) is 36.8 Å². The predicted octanol–water partition coefficient (Wildman–Crippen LogP) is 4.17. The molecule has 0 bridgehead atoms. The van der Waals surface area contributed by atoms with Crippen molar-refractivity contribution in [3.8, 4) is 5.75 Å². The van der Waals surface area contributed by atoms with Crippen LogP contribution in [0.5, 0.6) is 5.75 Å².